The van der Waals surface area contributed by atoms with Crippen molar-refractivity contribution in [1.29, 1.82) is 0 Å². The van der Waals surface area contributed by atoms with E-state index in [-0.39, 0.29) is 5.78 Å². The molecule has 0 aliphatic rings. The highest BCUT2D eigenvalue weighted by atomic mass is 31.2. The molecule has 0 saturated heterocycles. The molecule has 0 saturated carbocycles. The van der Waals surface area contributed by atoms with Gasteiger partial charge in [0.25, 0.3) is 0 Å². The van der Waals surface area contributed by atoms with Crippen molar-refractivity contribution in [3.63, 3.8) is 0 Å². The normalized spacial score (nSPS) is 13.3. The van der Waals surface area contributed by atoms with Crippen molar-refractivity contribution in [3.05, 3.63) is 0 Å². The van der Waals surface area contributed by atoms with E-state index >= 15 is 0 Å². The third-order valence-electron chi connectivity index (χ3n) is 1.28. The largest absolute Gasteiger partial charge is 0.364 e. The van der Waals surface area contributed by atoms with Crippen molar-refractivity contribution in [2.75, 3.05) is 20.3 Å². The molecule has 0 radical (unpaired) electrons. The SMILES string of the molecule is CCOP(OCC)C(OC)C(C)=O. The molecule has 5 heteroatoms. The summed E-state index contributed by atoms with van der Waals surface area (Å²) < 4.78 is 15.6. The Labute approximate surface area is 80.5 Å². The van der Waals surface area contributed by atoms with Crippen LogP contribution in [0.15, 0.2) is 0 Å². The number of ketones is 1. The van der Waals surface area contributed by atoms with E-state index in [4.69, 9.17) is 13.8 Å². The second kappa shape index (κ2) is 7.39. The fourth-order valence-electron chi connectivity index (χ4n) is 0.828. The van der Waals surface area contributed by atoms with Gasteiger partial charge in [0.2, 0.25) is 8.38 Å². The summed E-state index contributed by atoms with van der Waals surface area (Å²) in [6, 6.07) is 0. The number of ether oxygens (including phenoxy) is 1. The first-order valence-corrected chi connectivity index (χ1v) is 5.50. The molecule has 0 aromatic rings. The standard InChI is InChI=1S/C8H17O4P/c1-5-11-13(12-6-2)8(10-4)7(3)9/h8H,5-6H2,1-4H3. The number of rotatable bonds is 7. The van der Waals surface area contributed by atoms with Crippen LogP contribution in [0.25, 0.3) is 0 Å². The molecule has 4 nitrogen and oxygen atoms in total. The third kappa shape index (κ3) is 4.67. The van der Waals surface area contributed by atoms with E-state index < -0.39 is 14.2 Å². The number of hydrogen-bond acceptors (Lipinski definition) is 4. The molecule has 0 aliphatic carbocycles. The zero-order chi connectivity index (χ0) is 10.3. The van der Waals surface area contributed by atoms with Crippen LogP contribution in [0.2, 0.25) is 0 Å². The van der Waals surface area contributed by atoms with Crippen LogP contribution in [-0.4, -0.2) is 32.0 Å². The Kier molecular flexibility index (Phi) is 7.38. The van der Waals surface area contributed by atoms with Gasteiger partial charge in [0.05, 0.1) is 13.2 Å². The smallest absolute Gasteiger partial charge is 0.209 e. The molecule has 0 heterocycles. The zero-order valence-electron chi connectivity index (χ0n) is 8.57. The molecule has 0 aromatic carbocycles. The number of hydrogen-bond donors (Lipinski definition) is 0. The lowest BCUT2D eigenvalue weighted by molar-refractivity contribution is -0.123. The molecule has 0 spiro atoms. The Morgan fingerprint density at radius 2 is 1.77 bits per heavy atom. The quantitative estimate of drug-likeness (QED) is 0.600. The van der Waals surface area contributed by atoms with E-state index in [9.17, 15) is 4.79 Å². The summed E-state index contributed by atoms with van der Waals surface area (Å²) >= 11 is 0. The Balaban J connectivity index is 4.20. The molecule has 0 N–H and O–H groups in total. The van der Waals surface area contributed by atoms with Gasteiger partial charge in [0.1, 0.15) is 0 Å². The lowest BCUT2D eigenvalue weighted by atomic mass is 10.5. The fourth-order valence-corrected chi connectivity index (χ4v) is 2.15. The van der Waals surface area contributed by atoms with E-state index in [1.807, 2.05) is 13.8 Å². The summed E-state index contributed by atoms with van der Waals surface area (Å²) in [5.41, 5.74) is 0. The maximum Gasteiger partial charge on any atom is 0.209 e. The van der Waals surface area contributed by atoms with Crippen LogP contribution in [0.3, 0.4) is 0 Å². The van der Waals surface area contributed by atoms with Crippen molar-refractivity contribution >= 4 is 14.2 Å². The van der Waals surface area contributed by atoms with E-state index in [0.717, 1.165) is 0 Å². The van der Waals surface area contributed by atoms with E-state index in [2.05, 4.69) is 0 Å². The predicted octanol–water partition coefficient (Wildman–Crippen LogP) is 1.93. The second-order valence-corrected chi connectivity index (χ2v) is 3.88. The van der Waals surface area contributed by atoms with Gasteiger partial charge in [-0.2, -0.15) is 0 Å². The summed E-state index contributed by atoms with van der Waals surface area (Å²) in [5, 5.41) is 0. The maximum atomic E-state index is 11.1. The summed E-state index contributed by atoms with van der Waals surface area (Å²) in [6.45, 7) is 6.25. The Hall–Kier alpha value is -0.0200. The minimum atomic E-state index is -1.24. The van der Waals surface area contributed by atoms with Crippen LogP contribution in [0.1, 0.15) is 20.8 Å². The summed E-state index contributed by atoms with van der Waals surface area (Å²) in [5.74, 6) is -0.620. The van der Waals surface area contributed by atoms with Crippen LogP contribution in [0.5, 0.6) is 0 Å². The van der Waals surface area contributed by atoms with Crippen LogP contribution in [0, 0.1) is 0 Å². The van der Waals surface area contributed by atoms with Crippen molar-refractivity contribution in [2.45, 2.75) is 26.6 Å². The van der Waals surface area contributed by atoms with Crippen LogP contribution >= 0.6 is 8.38 Å². The molecular weight excluding hydrogens is 191 g/mol. The predicted molar refractivity (Wildman–Crippen MR) is 51.7 cm³/mol. The van der Waals surface area contributed by atoms with E-state index in [0.29, 0.717) is 13.2 Å². The van der Waals surface area contributed by atoms with Crippen molar-refractivity contribution in [3.8, 4) is 0 Å². The van der Waals surface area contributed by atoms with Gasteiger partial charge in [0.15, 0.2) is 11.6 Å². The maximum absolute atomic E-state index is 11.1. The van der Waals surface area contributed by atoms with Gasteiger partial charge < -0.3 is 13.8 Å². The molecule has 0 amide bonds. The van der Waals surface area contributed by atoms with Crippen molar-refractivity contribution in [2.24, 2.45) is 0 Å². The van der Waals surface area contributed by atoms with Gasteiger partial charge >= 0.3 is 0 Å². The lowest BCUT2D eigenvalue weighted by Crippen LogP contribution is -2.20. The Morgan fingerprint density at radius 3 is 2.00 bits per heavy atom. The Bertz CT molecular complexity index is 145. The van der Waals surface area contributed by atoms with Gasteiger partial charge in [-0.1, -0.05) is 0 Å². The molecule has 1 atom stereocenters. The minimum Gasteiger partial charge on any atom is -0.364 e. The molecule has 78 valence electrons. The highest BCUT2D eigenvalue weighted by Gasteiger charge is 2.27. The zero-order valence-corrected chi connectivity index (χ0v) is 9.47. The minimum absolute atomic E-state index is 0.0597. The summed E-state index contributed by atoms with van der Waals surface area (Å²) in [6.07, 6.45) is 0. The Morgan fingerprint density at radius 1 is 1.31 bits per heavy atom. The third-order valence-corrected chi connectivity index (χ3v) is 3.26. The van der Waals surface area contributed by atoms with Crippen LogP contribution in [-0.2, 0) is 18.6 Å². The molecule has 13 heavy (non-hydrogen) atoms. The number of carbonyl (C=O) groups excluding carboxylic acids is 1. The molecular formula is C8H17O4P. The summed E-state index contributed by atoms with van der Waals surface area (Å²) in [4.78, 5) is 11.1. The molecule has 0 aromatic heterocycles. The van der Waals surface area contributed by atoms with Gasteiger partial charge in [-0.3, -0.25) is 4.79 Å². The molecule has 1 unspecified atom stereocenters. The first-order valence-electron chi connectivity index (χ1n) is 4.25. The first-order chi connectivity index (χ1) is 6.17. The molecule has 0 aliphatic heterocycles. The monoisotopic (exact) mass is 208 g/mol. The molecule has 0 bridgehead atoms. The number of carbonyl (C=O) groups is 1. The van der Waals surface area contributed by atoms with Crippen LogP contribution in [0.4, 0.5) is 0 Å². The topological polar surface area (TPSA) is 44.8 Å². The van der Waals surface area contributed by atoms with E-state index in [1.165, 1.54) is 14.0 Å². The summed E-state index contributed by atoms with van der Waals surface area (Å²) in [7, 11) is 0.250. The van der Waals surface area contributed by atoms with Gasteiger partial charge in [-0.25, -0.2) is 0 Å². The second-order valence-electron chi connectivity index (χ2n) is 2.32. The van der Waals surface area contributed by atoms with Gasteiger partial charge in [-0.15, -0.1) is 0 Å². The highest BCUT2D eigenvalue weighted by Crippen LogP contribution is 2.44. The van der Waals surface area contributed by atoms with Crippen molar-refractivity contribution in [1.82, 2.24) is 0 Å². The average Bonchev–Trinajstić information content (AvgIpc) is 2.05. The average molecular weight is 208 g/mol. The van der Waals surface area contributed by atoms with E-state index in [1.54, 1.807) is 0 Å². The highest BCUT2D eigenvalue weighted by molar-refractivity contribution is 7.49. The van der Waals surface area contributed by atoms with Crippen LogP contribution < -0.4 is 0 Å². The van der Waals surface area contributed by atoms with Gasteiger partial charge in [0, 0.05) is 7.11 Å². The fraction of sp³-hybridized carbons (Fsp3) is 0.875. The number of Topliss-reactive ketones (excluding diaryl/α,β-unsaturated/α-hetero) is 1. The van der Waals surface area contributed by atoms with Gasteiger partial charge in [-0.05, 0) is 20.8 Å². The first kappa shape index (κ1) is 13.0. The van der Waals surface area contributed by atoms with Crippen molar-refractivity contribution < 1.29 is 18.6 Å². The molecule has 0 rings (SSSR count). The lowest BCUT2D eigenvalue weighted by Gasteiger charge is -2.21. The number of methoxy groups -OCH3 is 1. The molecule has 0 fully saturated rings.